The summed E-state index contributed by atoms with van der Waals surface area (Å²) in [5.41, 5.74) is 1.03. The SMILES string of the molecule is O=C1CC[C@H]2[C@H](O)c3ccsc3CN12. The van der Waals surface area contributed by atoms with Gasteiger partial charge in [-0.25, -0.2) is 0 Å². The Balaban J connectivity index is 2.04. The number of rotatable bonds is 0. The molecule has 1 aromatic heterocycles. The van der Waals surface area contributed by atoms with E-state index in [1.165, 1.54) is 0 Å². The quantitative estimate of drug-likeness (QED) is 0.699. The molecule has 1 N–H and O–H groups in total. The first-order chi connectivity index (χ1) is 6.77. The summed E-state index contributed by atoms with van der Waals surface area (Å²) in [6, 6.07) is 2.01. The molecule has 0 bridgehead atoms. The van der Waals surface area contributed by atoms with Crippen molar-refractivity contribution >= 4 is 17.2 Å². The highest BCUT2D eigenvalue weighted by Crippen LogP contribution is 2.39. The summed E-state index contributed by atoms with van der Waals surface area (Å²) in [5, 5.41) is 12.0. The molecule has 1 saturated heterocycles. The molecule has 0 unspecified atom stereocenters. The van der Waals surface area contributed by atoms with Gasteiger partial charge in [-0.15, -0.1) is 11.3 Å². The average molecular weight is 209 g/mol. The van der Waals surface area contributed by atoms with E-state index in [0.29, 0.717) is 13.0 Å². The van der Waals surface area contributed by atoms with Crippen LogP contribution in [0, 0.1) is 0 Å². The highest BCUT2D eigenvalue weighted by Gasteiger charge is 2.41. The van der Waals surface area contributed by atoms with Gasteiger partial charge in [0.2, 0.25) is 5.91 Å². The maximum atomic E-state index is 11.5. The van der Waals surface area contributed by atoms with E-state index in [1.807, 2.05) is 16.3 Å². The molecular formula is C10H11NO2S. The molecule has 3 heterocycles. The maximum absolute atomic E-state index is 11.5. The van der Waals surface area contributed by atoms with Crippen LogP contribution in [0.5, 0.6) is 0 Å². The Hall–Kier alpha value is -0.870. The van der Waals surface area contributed by atoms with E-state index < -0.39 is 6.10 Å². The second-order valence-corrected chi connectivity index (χ2v) is 4.87. The molecule has 74 valence electrons. The van der Waals surface area contributed by atoms with Gasteiger partial charge in [0.25, 0.3) is 0 Å². The second-order valence-electron chi connectivity index (χ2n) is 3.87. The van der Waals surface area contributed by atoms with E-state index in [9.17, 15) is 9.90 Å². The van der Waals surface area contributed by atoms with Crippen molar-refractivity contribution in [1.82, 2.24) is 4.90 Å². The molecule has 4 heteroatoms. The fourth-order valence-electron chi connectivity index (χ4n) is 2.39. The number of thiophene rings is 1. The number of nitrogens with zero attached hydrogens (tertiary/aromatic N) is 1. The highest BCUT2D eigenvalue weighted by molar-refractivity contribution is 7.10. The van der Waals surface area contributed by atoms with Gasteiger partial charge in [-0.05, 0) is 23.4 Å². The van der Waals surface area contributed by atoms with Gasteiger partial charge in [0, 0.05) is 11.3 Å². The molecule has 0 radical (unpaired) electrons. The van der Waals surface area contributed by atoms with Crippen LogP contribution < -0.4 is 0 Å². The monoisotopic (exact) mass is 209 g/mol. The number of carbonyl (C=O) groups is 1. The first-order valence-corrected chi connectivity index (χ1v) is 5.69. The van der Waals surface area contributed by atoms with E-state index in [0.717, 1.165) is 16.9 Å². The van der Waals surface area contributed by atoms with Crippen LogP contribution >= 0.6 is 11.3 Å². The summed E-state index contributed by atoms with van der Waals surface area (Å²) in [4.78, 5) is 14.5. The van der Waals surface area contributed by atoms with Crippen molar-refractivity contribution in [2.24, 2.45) is 0 Å². The van der Waals surface area contributed by atoms with Crippen LogP contribution in [-0.4, -0.2) is 22.0 Å². The second kappa shape index (κ2) is 2.81. The number of hydrogen-bond donors (Lipinski definition) is 1. The van der Waals surface area contributed by atoms with Crippen LogP contribution in [0.15, 0.2) is 11.4 Å². The molecule has 1 amide bonds. The van der Waals surface area contributed by atoms with Gasteiger partial charge in [0.1, 0.15) is 6.10 Å². The van der Waals surface area contributed by atoms with Gasteiger partial charge in [-0.2, -0.15) is 0 Å². The van der Waals surface area contributed by atoms with Crippen molar-refractivity contribution in [2.45, 2.75) is 31.5 Å². The van der Waals surface area contributed by atoms with Crippen LogP contribution in [0.2, 0.25) is 0 Å². The van der Waals surface area contributed by atoms with Crippen molar-refractivity contribution in [3.05, 3.63) is 21.9 Å². The van der Waals surface area contributed by atoms with Crippen molar-refractivity contribution in [3.8, 4) is 0 Å². The molecule has 2 atom stereocenters. The molecule has 2 aliphatic rings. The van der Waals surface area contributed by atoms with Gasteiger partial charge in [0.15, 0.2) is 0 Å². The molecular weight excluding hydrogens is 198 g/mol. The number of amides is 1. The predicted octanol–water partition coefficient (Wildman–Crippen LogP) is 1.29. The van der Waals surface area contributed by atoms with Gasteiger partial charge < -0.3 is 10.0 Å². The fourth-order valence-corrected chi connectivity index (χ4v) is 3.31. The zero-order chi connectivity index (χ0) is 9.71. The van der Waals surface area contributed by atoms with Crippen molar-refractivity contribution < 1.29 is 9.90 Å². The predicted molar refractivity (Wildman–Crippen MR) is 52.9 cm³/mol. The van der Waals surface area contributed by atoms with Crippen molar-refractivity contribution in [3.63, 3.8) is 0 Å². The Labute approximate surface area is 86.0 Å². The van der Waals surface area contributed by atoms with Crippen LogP contribution in [0.4, 0.5) is 0 Å². The lowest BCUT2D eigenvalue weighted by Gasteiger charge is -2.33. The third kappa shape index (κ3) is 0.980. The molecule has 1 aromatic rings. The van der Waals surface area contributed by atoms with E-state index >= 15 is 0 Å². The van der Waals surface area contributed by atoms with Crippen LogP contribution in [-0.2, 0) is 11.3 Å². The van der Waals surface area contributed by atoms with Crippen LogP contribution in [0.25, 0.3) is 0 Å². The minimum atomic E-state index is -0.462. The normalized spacial score (nSPS) is 30.4. The summed E-state index contributed by atoms with van der Waals surface area (Å²) >= 11 is 1.63. The lowest BCUT2D eigenvalue weighted by atomic mass is 9.97. The zero-order valence-corrected chi connectivity index (χ0v) is 8.46. The highest BCUT2D eigenvalue weighted by atomic mass is 32.1. The topological polar surface area (TPSA) is 40.5 Å². The Morgan fingerprint density at radius 3 is 3.29 bits per heavy atom. The van der Waals surface area contributed by atoms with E-state index in [1.54, 1.807) is 11.3 Å². The number of aliphatic hydroxyl groups is 1. The zero-order valence-electron chi connectivity index (χ0n) is 7.64. The van der Waals surface area contributed by atoms with E-state index in [4.69, 9.17) is 0 Å². The number of aliphatic hydroxyl groups excluding tert-OH is 1. The third-order valence-corrected chi connectivity index (χ3v) is 4.07. The van der Waals surface area contributed by atoms with Gasteiger partial charge in [-0.1, -0.05) is 0 Å². The Morgan fingerprint density at radius 1 is 1.57 bits per heavy atom. The van der Waals surface area contributed by atoms with Crippen LogP contribution in [0.1, 0.15) is 29.4 Å². The summed E-state index contributed by atoms with van der Waals surface area (Å²) in [7, 11) is 0. The van der Waals surface area contributed by atoms with Gasteiger partial charge in [0.05, 0.1) is 12.6 Å². The molecule has 3 rings (SSSR count). The Kier molecular flexibility index (Phi) is 1.69. The molecule has 14 heavy (non-hydrogen) atoms. The van der Waals surface area contributed by atoms with Crippen molar-refractivity contribution in [1.29, 1.82) is 0 Å². The molecule has 3 nitrogen and oxygen atoms in total. The molecule has 0 aliphatic carbocycles. The molecule has 2 aliphatic heterocycles. The minimum Gasteiger partial charge on any atom is -0.386 e. The molecule has 0 saturated carbocycles. The van der Waals surface area contributed by atoms with Crippen LogP contribution in [0.3, 0.4) is 0 Å². The number of fused-ring (bicyclic) bond motifs is 2. The molecule has 1 fully saturated rings. The number of carbonyl (C=O) groups excluding carboxylic acids is 1. The summed E-state index contributed by atoms with van der Waals surface area (Å²) in [5.74, 6) is 0.188. The minimum absolute atomic E-state index is 0.0320. The smallest absolute Gasteiger partial charge is 0.223 e. The largest absolute Gasteiger partial charge is 0.386 e. The fraction of sp³-hybridized carbons (Fsp3) is 0.500. The Bertz CT molecular complexity index is 387. The van der Waals surface area contributed by atoms with E-state index in [2.05, 4.69) is 0 Å². The summed E-state index contributed by atoms with van der Waals surface area (Å²) in [6.45, 7) is 0.702. The lowest BCUT2D eigenvalue weighted by Crippen LogP contribution is -2.40. The molecule has 0 spiro atoms. The Morgan fingerprint density at radius 2 is 2.43 bits per heavy atom. The van der Waals surface area contributed by atoms with Crippen molar-refractivity contribution in [2.75, 3.05) is 0 Å². The first kappa shape index (κ1) is 8.44. The number of hydrogen-bond acceptors (Lipinski definition) is 3. The molecule has 0 aromatic carbocycles. The van der Waals surface area contributed by atoms with Gasteiger partial charge >= 0.3 is 0 Å². The standard InChI is InChI=1S/C10H11NO2S/c12-9-2-1-7-10(13)6-3-4-14-8(6)5-11(7)9/h3-4,7,10,13H,1-2,5H2/t7-,10+/m0/s1. The first-order valence-electron chi connectivity index (χ1n) is 4.81. The average Bonchev–Trinajstić information content (AvgIpc) is 2.75. The maximum Gasteiger partial charge on any atom is 0.223 e. The van der Waals surface area contributed by atoms with Gasteiger partial charge in [-0.3, -0.25) is 4.79 Å². The summed E-state index contributed by atoms with van der Waals surface area (Å²) in [6.07, 6.45) is 0.933. The van der Waals surface area contributed by atoms with E-state index in [-0.39, 0.29) is 11.9 Å². The third-order valence-electron chi connectivity index (χ3n) is 3.15. The lowest BCUT2D eigenvalue weighted by molar-refractivity contribution is -0.131. The summed E-state index contributed by atoms with van der Waals surface area (Å²) < 4.78 is 0.